The first kappa shape index (κ1) is 37.3. The minimum absolute atomic E-state index is 0.0321. The minimum atomic E-state index is -0.0985. The molecule has 1 aliphatic carbocycles. The molecule has 1 nitrogen and oxygen atoms in total. The smallest absolute Gasteiger partial charge is 0.0546 e. The third kappa shape index (κ3) is 6.04. The molecule has 0 atom stereocenters. The highest BCUT2D eigenvalue weighted by atomic mass is 32.1. The number of anilines is 3. The fourth-order valence-corrected chi connectivity index (χ4v) is 11.1. The van der Waals surface area contributed by atoms with Gasteiger partial charge in [0, 0.05) is 42.4 Å². The highest BCUT2D eigenvalue weighted by Crippen LogP contribution is 2.54. The van der Waals surface area contributed by atoms with Crippen LogP contribution in [0.25, 0.3) is 75.5 Å². The van der Waals surface area contributed by atoms with Crippen LogP contribution < -0.4 is 4.90 Å². The van der Waals surface area contributed by atoms with Crippen molar-refractivity contribution >= 4 is 59.3 Å². The third-order valence-electron chi connectivity index (χ3n) is 13.1. The molecule has 0 spiro atoms. The quantitative estimate of drug-likeness (QED) is 0.162. The highest BCUT2D eigenvalue weighted by molar-refractivity contribution is 7.25. The van der Waals surface area contributed by atoms with Gasteiger partial charge in [0.15, 0.2) is 0 Å². The van der Waals surface area contributed by atoms with Crippen LogP contribution in [0.2, 0.25) is 0 Å². The predicted molar refractivity (Wildman–Crippen MR) is 264 cm³/mol. The first-order valence-corrected chi connectivity index (χ1v) is 22.2. The molecular formula is C59H47NS. The zero-order chi connectivity index (χ0) is 41.5. The van der Waals surface area contributed by atoms with Crippen molar-refractivity contribution < 1.29 is 0 Å². The Hall–Kier alpha value is -6.74. The summed E-state index contributed by atoms with van der Waals surface area (Å²) in [6.45, 7) is 11.7. The largest absolute Gasteiger partial charge is 0.309 e. The predicted octanol–water partition coefficient (Wildman–Crippen LogP) is 17.3. The lowest BCUT2D eigenvalue weighted by atomic mass is 9.82. The van der Waals surface area contributed by atoms with Crippen molar-refractivity contribution in [1.82, 2.24) is 0 Å². The average Bonchev–Trinajstić information content (AvgIpc) is 3.78. The van der Waals surface area contributed by atoms with Crippen molar-refractivity contribution in [2.75, 3.05) is 4.90 Å². The number of nitrogens with zero attached hydrogens (tertiary/aromatic N) is 1. The van der Waals surface area contributed by atoms with Crippen LogP contribution in [0.15, 0.2) is 194 Å². The van der Waals surface area contributed by atoms with Crippen molar-refractivity contribution in [2.45, 2.75) is 45.4 Å². The molecule has 10 aromatic rings. The Balaban J connectivity index is 1.25. The highest BCUT2D eigenvalue weighted by Gasteiger charge is 2.36. The second-order valence-corrected chi connectivity index (χ2v) is 19.2. The summed E-state index contributed by atoms with van der Waals surface area (Å²) in [7, 11) is 0. The molecule has 0 fully saturated rings. The van der Waals surface area contributed by atoms with Crippen LogP contribution in [-0.2, 0) is 10.8 Å². The van der Waals surface area contributed by atoms with Gasteiger partial charge in [0.25, 0.3) is 0 Å². The maximum atomic E-state index is 2.56. The monoisotopic (exact) mass is 801 g/mol. The van der Waals surface area contributed by atoms with Crippen LogP contribution in [0.1, 0.15) is 51.3 Å². The zero-order valence-electron chi connectivity index (χ0n) is 35.3. The molecule has 0 bridgehead atoms. The number of hydrogen-bond acceptors (Lipinski definition) is 2. The summed E-state index contributed by atoms with van der Waals surface area (Å²) in [6.07, 6.45) is 0. The molecule has 0 N–H and O–H groups in total. The van der Waals surface area contributed by atoms with Crippen molar-refractivity contribution in [3.05, 3.63) is 211 Å². The summed E-state index contributed by atoms with van der Waals surface area (Å²) in [4.78, 5) is 2.56. The van der Waals surface area contributed by atoms with E-state index >= 15 is 0 Å². The Kier molecular flexibility index (Phi) is 8.67. The van der Waals surface area contributed by atoms with Crippen LogP contribution in [0, 0.1) is 0 Å². The molecule has 61 heavy (non-hydrogen) atoms. The molecule has 1 heterocycles. The summed E-state index contributed by atoms with van der Waals surface area (Å²) in [5.41, 5.74) is 17.3. The van der Waals surface area contributed by atoms with E-state index in [0.717, 1.165) is 17.1 Å². The van der Waals surface area contributed by atoms with Gasteiger partial charge in [0.1, 0.15) is 0 Å². The van der Waals surface area contributed by atoms with Crippen LogP contribution in [0.4, 0.5) is 17.1 Å². The molecule has 11 rings (SSSR count). The third-order valence-corrected chi connectivity index (χ3v) is 14.2. The molecule has 294 valence electrons. The van der Waals surface area contributed by atoms with Crippen LogP contribution >= 0.6 is 11.3 Å². The van der Waals surface area contributed by atoms with Gasteiger partial charge in [0.2, 0.25) is 0 Å². The summed E-state index contributed by atoms with van der Waals surface area (Å²) in [5, 5.41) is 5.06. The number of fused-ring (bicyclic) bond motifs is 7. The van der Waals surface area contributed by atoms with E-state index < -0.39 is 0 Å². The molecule has 9 aromatic carbocycles. The van der Waals surface area contributed by atoms with E-state index in [1.165, 1.54) is 92.1 Å². The molecule has 0 saturated carbocycles. The van der Waals surface area contributed by atoms with Crippen molar-refractivity contribution in [3.63, 3.8) is 0 Å². The number of thiophene rings is 1. The fraction of sp³-hybridized carbons (Fsp3) is 0.119. The molecular weight excluding hydrogens is 755 g/mol. The van der Waals surface area contributed by atoms with Gasteiger partial charge < -0.3 is 4.90 Å². The van der Waals surface area contributed by atoms with Gasteiger partial charge in [-0.2, -0.15) is 0 Å². The maximum absolute atomic E-state index is 2.56. The second kappa shape index (κ2) is 14.2. The first-order valence-electron chi connectivity index (χ1n) is 21.4. The van der Waals surface area contributed by atoms with Gasteiger partial charge in [-0.05, 0) is 109 Å². The van der Waals surface area contributed by atoms with Gasteiger partial charge in [-0.25, -0.2) is 0 Å². The van der Waals surface area contributed by atoms with Crippen molar-refractivity contribution in [3.8, 4) is 44.5 Å². The van der Waals surface area contributed by atoms with Crippen LogP contribution in [0.3, 0.4) is 0 Å². The standard InChI is InChI=1S/C59H47NS/c1-58(2,3)40-31-35-52(48(36-40)38-18-7-6-8-19-38)60(41-32-33-51-49(37-41)44-23-13-15-27-50(44)59(51,4)5)53-34-30-39-20-9-10-21-42(39)56(53)45-24-12-11-22-43(45)46-26-17-29-55-57(46)47-25-14-16-28-54(47)61-55/h6-37H,1-5H3. The topological polar surface area (TPSA) is 3.24 Å². The summed E-state index contributed by atoms with van der Waals surface area (Å²) in [6, 6.07) is 72.6. The van der Waals surface area contributed by atoms with Gasteiger partial charge in [-0.3, -0.25) is 0 Å². The lowest BCUT2D eigenvalue weighted by molar-refractivity contribution is 0.590. The molecule has 1 aromatic heterocycles. The lowest BCUT2D eigenvalue weighted by Gasteiger charge is -2.33. The SMILES string of the molecule is CC(C)(C)c1ccc(N(c2ccc3c(c2)-c2ccccc2C3(C)C)c2ccc3ccccc3c2-c2ccccc2-c2cccc3sc4ccccc4c23)c(-c2ccccc2)c1. The van der Waals surface area contributed by atoms with Gasteiger partial charge in [0.05, 0.1) is 11.4 Å². The van der Waals surface area contributed by atoms with E-state index in [-0.39, 0.29) is 10.8 Å². The van der Waals surface area contributed by atoms with E-state index in [0.29, 0.717) is 0 Å². The molecule has 2 heteroatoms. The van der Waals surface area contributed by atoms with Gasteiger partial charge >= 0.3 is 0 Å². The Labute approximate surface area is 363 Å². The number of benzene rings is 9. The molecule has 0 saturated heterocycles. The van der Waals surface area contributed by atoms with Crippen LogP contribution in [0.5, 0.6) is 0 Å². The van der Waals surface area contributed by atoms with Crippen molar-refractivity contribution in [1.29, 1.82) is 0 Å². The minimum Gasteiger partial charge on any atom is -0.309 e. The Morgan fingerprint density at radius 2 is 1.08 bits per heavy atom. The normalized spacial score (nSPS) is 13.1. The van der Waals surface area contributed by atoms with E-state index in [2.05, 4.69) is 234 Å². The Bertz CT molecular complexity index is 3320. The fourth-order valence-electron chi connectivity index (χ4n) is 9.97. The average molecular weight is 802 g/mol. The molecule has 0 amide bonds. The van der Waals surface area contributed by atoms with Gasteiger partial charge in [-0.15, -0.1) is 11.3 Å². The zero-order valence-corrected chi connectivity index (χ0v) is 36.1. The van der Waals surface area contributed by atoms with E-state index in [1.54, 1.807) is 0 Å². The molecule has 0 aliphatic heterocycles. The van der Waals surface area contributed by atoms with E-state index in [9.17, 15) is 0 Å². The number of rotatable bonds is 6. The molecule has 1 aliphatic rings. The van der Waals surface area contributed by atoms with Crippen LogP contribution in [-0.4, -0.2) is 0 Å². The maximum Gasteiger partial charge on any atom is 0.0546 e. The second-order valence-electron chi connectivity index (χ2n) is 18.1. The lowest BCUT2D eigenvalue weighted by Crippen LogP contribution is -2.17. The Morgan fingerprint density at radius 3 is 1.90 bits per heavy atom. The summed E-state index contributed by atoms with van der Waals surface area (Å²) in [5.74, 6) is 0. The molecule has 0 unspecified atom stereocenters. The van der Waals surface area contributed by atoms with E-state index in [4.69, 9.17) is 0 Å². The number of hydrogen-bond donors (Lipinski definition) is 0. The van der Waals surface area contributed by atoms with Gasteiger partial charge in [-0.1, -0.05) is 186 Å². The van der Waals surface area contributed by atoms with Crippen molar-refractivity contribution in [2.24, 2.45) is 0 Å². The van der Waals surface area contributed by atoms with E-state index in [1.807, 2.05) is 11.3 Å². The summed E-state index contributed by atoms with van der Waals surface area (Å²) < 4.78 is 2.62. The molecule has 0 radical (unpaired) electrons. The Morgan fingerprint density at radius 1 is 0.443 bits per heavy atom. The summed E-state index contributed by atoms with van der Waals surface area (Å²) >= 11 is 1.88. The first-order chi connectivity index (χ1) is 29.7.